The first-order chi connectivity index (χ1) is 13.2. The third-order valence-corrected chi connectivity index (χ3v) is 7.66. The van der Waals surface area contributed by atoms with Crippen LogP contribution in [0, 0.1) is 22.6 Å². The Kier molecular flexibility index (Phi) is 5.67. The van der Waals surface area contributed by atoms with E-state index in [1.807, 2.05) is 11.0 Å². The van der Waals surface area contributed by atoms with E-state index in [2.05, 4.69) is 18.7 Å². The highest BCUT2D eigenvalue weighted by Crippen LogP contribution is 2.47. The lowest BCUT2D eigenvalue weighted by molar-refractivity contribution is -0.384. The van der Waals surface area contributed by atoms with Crippen LogP contribution in [0.3, 0.4) is 0 Å². The van der Waals surface area contributed by atoms with Crippen molar-refractivity contribution in [1.82, 2.24) is 0 Å². The number of nitro groups is 1. The first-order valence-corrected chi connectivity index (χ1v) is 11.6. The van der Waals surface area contributed by atoms with Crippen molar-refractivity contribution in [3.8, 4) is 0 Å². The molecule has 28 heavy (non-hydrogen) atoms. The number of benzene rings is 1. The summed E-state index contributed by atoms with van der Waals surface area (Å²) in [6, 6.07) is 5.16. The zero-order valence-corrected chi connectivity index (χ0v) is 17.2. The third kappa shape index (κ3) is 4.00. The van der Waals surface area contributed by atoms with Crippen molar-refractivity contribution in [2.45, 2.75) is 57.5 Å². The van der Waals surface area contributed by atoms with Gasteiger partial charge in [0, 0.05) is 37.1 Å². The molecule has 1 saturated carbocycles. The van der Waals surface area contributed by atoms with Crippen LogP contribution < -0.4 is 4.90 Å². The number of hydrogen-bond acceptors (Lipinski definition) is 5. The predicted octanol–water partition coefficient (Wildman–Crippen LogP) is 3.93. The van der Waals surface area contributed by atoms with E-state index < -0.39 is 15.4 Å². The molecule has 1 aliphatic carbocycles. The fourth-order valence-electron chi connectivity index (χ4n) is 4.21. The van der Waals surface area contributed by atoms with Crippen LogP contribution in [0.1, 0.15) is 51.5 Å². The Labute approximate surface area is 166 Å². The Morgan fingerprint density at radius 1 is 1.32 bits per heavy atom. The summed E-state index contributed by atoms with van der Waals surface area (Å²) in [5.41, 5.74) is 0.651. The minimum absolute atomic E-state index is 0.0153. The van der Waals surface area contributed by atoms with Crippen LogP contribution in [0.4, 0.5) is 11.4 Å². The molecule has 0 bridgehead atoms. The molecule has 2 aliphatic rings. The average molecular weight is 406 g/mol. The van der Waals surface area contributed by atoms with Crippen LogP contribution in [0.15, 0.2) is 18.2 Å². The highest BCUT2D eigenvalue weighted by Gasteiger charge is 2.46. The van der Waals surface area contributed by atoms with E-state index in [9.17, 15) is 18.5 Å². The van der Waals surface area contributed by atoms with Gasteiger partial charge in [0.15, 0.2) is 0 Å². The number of nitrogens with zero attached hydrogens (tertiary/aromatic N) is 3. The van der Waals surface area contributed by atoms with E-state index in [-0.39, 0.29) is 34.1 Å². The molecule has 7 nitrogen and oxygen atoms in total. The summed E-state index contributed by atoms with van der Waals surface area (Å²) < 4.78 is 23.7. The first-order valence-electron chi connectivity index (χ1n) is 9.82. The lowest BCUT2D eigenvalue weighted by Gasteiger charge is -2.37. The Morgan fingerprint density at radius 2 is 1.96 bits per heavy atom. The zero-order valence-electron chi connectivity index (χ0n) is 16.4. The maximum absolute atomic E-state index is 11.9. The molecular formula is C20H27N3O4S. The van der Waals surface area contributed by atoms with Crippen LogP contribution in [-0.4, -0.2) is 37.4 Å². The second-order valence-corrected chi connectivity index (χ2v) is 10.7. The highest BCUT2D eigenvalue weighted by molar-refractivity contribution is 7.91. The van der Waals surface area contributed by atoms with Gasteiger partial charge in [0.05, 0.1) is 16.4 Å². The maximum atomic E-state index is 11.9. The Morgan fingerprint density at radius 3 is 2.43 bits per heavy atom. The van der Waals surface area contributed by atoms with Crippen molar-refractivity contribution in [3.05, 3.63) is 45.3 Å². The van der Waals surface area contributed by atoms with Crippen molar-refractivity contribution in [2.24, 2.45) is 5.92 Å². The summed E-state index contributed by atoms with van der Waals surface area (Å²) in [7, 11) is -3.01. The molecular weight excluding hydrogens is 378 g/mol. The first kappa shape index (κ1) is 20.6. The summed E-state index contributed by atoms with van der Waals surface area (Å²) in [6.45, 7) is 12.3. The summed E-state index contributed by atoms with van der Waals surface area (Å²) in [4.78, 5) is 17.3. The molecule has 1 aromatic rings. The quantitative estimate of drug-likeness (QED) is 0.407. The predicted molar refractivity (Wildman–Crippen MR) is 109 cm³/mol. The monoisotopic (exact) mass is 405 g/mol. The van der Waals surface area contributed by atoms with Crippen LogP contribution in [0.5, 0.6) is 0 Å². The number of hydrogen-bond donors (Lipinski definition) is 0. The Balaban J connectivity index is 1.99. The molecule has 3 rings (SSSR count). The van der Waals surface area contributed by atoms with E-state index in [1.165, 1.54) is 0 Å². The molecule has 8 heteroatoms. The maximum Gasteiger partial charge on any atom is 0.293 e. The van der Waals surface area contributed by atoms with Gasteiger partial charge in [0.2, 0.25) is 0 Å². The normalized spacial score (nSPS) is 20.9. The van der Waals surface area contributed by atoms with E-state index in [4.69, 9.17) is 6.57 Å². The van der Waals surface area contributed by atoms with Gasteiger partial charge in [0.25, 0.3) is 11.2 Å². The van der Waals surface area contributed by atoms with Gasteiger partial charge in [-0.25, -0.2) is 15.0 Å². The number of rotatable bonds is 6. The largest absolute Gasteiger partial charge is 0.363 e. The number of nitro benzene ring substituents is 1. The molecule has 1 saturated heterocycles. The van der Waals surface area contributed by atoms with Gasteiger partial charge in [-0.3, -0.25) is 10.1 Å². The molecule has 0 aromatic heterocycles. The second-order valence-electron chi connectivity index (χ2n) is 8.39. The fraction of sp³-hybridized carbons (Fsp3) is 0.650. The lowest BCUT2D eigenvalue weighted by Crippen LogP contribution is -2.43. The number of sulfone groups is 1. The van der Waals surface area contributed by atoms with Gasteiger partial charge < -0.3 is 9.74 Å². The highest BCUT2D eigenvalue weighted by atomic mass is 32.2. The summed E-state index contributed by atoms with van der Waals surface area (Å²) in [6.07, 6.45) is 3.42. The smallest absolute Gasteiger partial charge is 0.293 e. The van der Waals surface area contributed by atoms with E-state index in [0.717, 1.165) is 24.8 Å². The summed E-state index contributed by atoms with van der Waals surface area (Å²) in [5.74, 6) is 0.525. The van der Waals surface area contributed by atoms with E-state index in [1.54, 1.807) is 12.1 Å². The van der Waals surface area contributed by atoms with Gasteiger partial charge >= 0.3 is 0 Å². The van der Waals surface area contributed by atoms with Crippen LogP contribution >= 0.6 is 0 Å². The van der Waals surface area contributed by atoms with Gasteiger partial charge in [-0.1, -0.05) is 13.8 Å². The van der Waals surface area contributed by atoms with Crippen molar-refractivity contribution < 1.29 is 13.3 Å². The van der Waals surface area contributed by atoms with Crippen molar-refractivity contribution in [2.75, 3.05) is 23.0 Å². The molecule has 0 unspecified atom stereocenters. The van der Waals surface area contributed by atoms with Crippen LogP contribution in [0.2, 0.25) is 0 Å². The molecule has 0 spiro atoms. The lowest BCUT2D eigenvalue weighted by atomic mass is 9.72. The molecule has 0 amide bonds. The molecule has 0 radical (unpaired) electrons. The minimum atomic E-state index is -3.01. The van der Waals surface area contributed by atoms with Crippen molar-refractivity contribution in [1.29, 1.82) is 0 Å². The fourth-order valence-corrected chi connectivity index (χ4v) is 5.67. The Bertz CT molecular complexity index is 887. The van der Waals surface area contributed by atoms with Crippen LogP contribution in [-0.2, 0) is 15.4 Å². The standard InChI is InChI=1S/C20H27N3O4S/c1-15(2)14-22(17-7-11-28(26,27)12-8-17)18-6-5-16(13-19(18)23(24)25)20(21-3)9-4-10-20/h5-6,13,15,17H,4,7-12,14H2,1-2H3. The molecule has 1 aromatic carbocycles. The van der Waals surface area contributed by atoms with Gasteiger partial charge in [-0.15, -0.1) is 0 Å². The van der Waals surface area contributed by atoms with Gasteiger partial charge in [-0.05, 0) is 37.3 Å². The Hall–Kier alpha value is -2.14. The zero-order chi connectivity index (χ0) is 20.5. The average Bonchev–Trinajstić information content (AvgIpc) is 2.59. The molecule has 2 fully saturated rings. The van der Waals surface area contributed by atoms with Crippen molar-refractivity contribution >= 4 is 21.2 Å². The molecule has 1 heterocycles. The van der Waals surface area contributed by atoms with Gasteiger partial charge in [-0.2, -0.15) is 0 Å². The van der Waals surface area contributed by atoms with Crippen molar-refractivity contribution in [3.63, 3.8) is 0 Å². The SMILES string of the molecule is [C-]#[N+]C1(c2ccc(N(CC(C)C)C3CCS(=O)(=O)CC3)c([N+](=O)[O-])c2)CCC1. The van der Waals surface area contributed by atoms with Gasteiger partial charge in [0.1, 0.15) is 15.5 Å². The molecule has 1 aliphatic heterocycles. The molecule has 0 atom stereocenters. The minimum Gasteiger partial charge on any atom is -0.363 e. The van der Waals surface area contributed by atoms with E-state index in [0.29, 0.717) is 25.1 Å². The van der Waals surface area contributed by atoms with E-state index >= 15 is 0 Å². The summed E-state index contributed by atoms with van der Waals surface area (Å²) >= 11 is 0. The molecule has 152 valence electrons. The molecule has 0 N–H and O–H groups in total. The number of anilines is 1. The summed E-state index contributed by atoms with van der Waals surface area (Å²) in [5, 5.41) is 11.9. The third-order valence-electron chi connectivity index (χ3n) is 5.94. The van der Waals surface area contributed by atoms with Crippen LogP contribution in [0.25, 0.3) is 4.85 Å². The topological polar surface area (TPSA) is 84.9 Å². The second kappa shape index (κ2) is 7.70.